The van der Waals surface area contributed by atoms with Gasteiger partial charge in [0.25, 0.3) is 5.91 Å². The van der Waals surface area contributed by atoms with Gasteiger partial charge >= 0.3 is 6.18 Å². The van der Waals surface area contributed by atoms with Crippen molar-refractivity contribution >= 4 is 17.5 Å². The van der Waals surface area contributed by atoms with Crippen molar-refractivity contribution in [3.05, 3.63) is 76.9 Å². The molecular weight excluding hydrogens is 612 g/mol. The largest absolute Gasteiger partial charge is 0.416 e. The number of amides is 1. The first-order chi connectivity index (χ1) is 22.5. The van der Waals surface area contributed by atoms with Crippen LogP contribution in [0.1, 0.15) is 72.0 Å². The van der Waals surface area contributed by atoms with E-state index in [0.717, 1.165) is 37.8 Å². The molecule has 2 fully saturated rings. The number of aromatic nitrogens is 4. The number of nitrogens with one attached hydrogen (secondary N) is 2. The van der Waals surface area contributed by atoms with E-state index >= 15 is 4.39 Å². The molecule has 2 aromatic carbocycles. The van der Waals surface area contributed by atoms with E-state index in [-0.39, 0.29) is 41.3 Å². The highest BCUT2D eigenvalue weighted by Gasteiger charge is 2.43. The molecule has 0 saturated heterocycles. The predicted octanol–water partition coefficient (Wildman–Crippen LogP) is 6.75. The van der Waals surface area contributed by atoms with Crippen LogP contribution in [-0.4, -0.2) is 37.2 Å². The second-order valence-electron chi connectivity index (χ2n) is 12.7. The molecule has 47 heavy (non-hydrogen) atoms. The lowest BCUT2D eigenvalue weighted by molar-refractivity contribution is -0.137. The van der Waals surface area contributed by atoms with E-state index in [1.54, 1.807) is 23.7 Å². The summed E-state index contributed by atoms with van der Waals surface area (Å²) in [7, 11) is 1.69. The van der Waals surface area contributed by atoms with Gasteiger partial charge in [-0.05, 0) is 84.8 Å². The molecule has 1 amide bonds. The van der Waals surface area contributed by atoms with Crippen LogP contribution >= 0.6 is 0 Å². The fourth-order valence-corrected chi connectivity index (χ4v) is 6.57. The number of fused-ring (bicyclic) bond motifs is 1. The van der Waals surface area contributed by atoms with Crippen LogP contribution in [0.3, 0.4) is 0 Å². The molecule has 2 aliphatic carbocycles. The summed E-state index contributed by atoms with van der Waals surface area (Å²) in [6, 6.07) is 12.2. The number of rotatable bonds is 9. The van der Waals surface area contributed by atoms with Crippen molar-refractivity contribution in [3.8, 4) is 28.6 Å². The average molecular weight is 645 g/mol. The Morgan fingerprint density at radius 1 is 1.06 bits per heavy atom. The standard InChI is InChI=1S/C34H32F4N8O/c1-45-19-41-44-31(45)24-7-6-22(34(36,37)38)16-25(24)21-14-29(43-33(8-9-33)10-11-39)42-30(15-21)46-18-27-26(32(46)47)12-20(13-28(27)35)17-40-23-4-2-3-5-23/h6-7,12-16,19,23,40H,2-5,8-10,17-18H2,1H3,(H,42,43). The summed E-state index contributed by atoms with van der Waals surface area (Å²) < 4.78 is 59.0. The number of nitriles is 1. The summed E-state index contributed by atoms with van der Waals surface area (Å²) in [5, 5.41) is 24.2. The molecular formula is C34H32F4N8O. The number of carbonyl (C=O) groups is 1. The Balaban J connectivity index is 1.31. The molecule has 7 rings (SSSR count). The normalized spacial score (nSPS) is 17.2. The van der Waals surface area contributed by atoms with Crippen molar-refractivity contribution in [1.29, 1.82) is 5.26 Å². The number of nitrogens with zero attached hydrogens (tertiary/aromatic N) is 6. The van der Waals surface area contributed by atoms with Crippen LogP contribution in [0.4, 0.5) is 29.2 Å². The van der Waals surface area contributed by atoms with E-state index in [9.17, 15) is 23.2 Å². The van der Waals surface area contributed by atoms with Crippen molar-refractivity contribution in [2.45, 2.75) is 75.8 Å². The summed E-state index contributed by atoms with van der Waals surface area (Å²) in [5.74, 6) is -0.171. The first-order valence-electron chi connectivity index (χ1n) is 15.6. The Bertz CT molecular complexity index is 1900. The number of alkyl halides is 3. The lowest BCUT2D eigenvalue weighted by atomic mass is 9.96. The van der Waals surface area contributed by atoms with E-state index in [4.69, 9.17) is 4.98 Å². The van der Waals surface area contributed by atoms with Crippen molar-refractivity contribution < 1.29 is 22.4 Å². The van der Waals surface area contributed by atoms with Crippen LogP contribution in [0.15, 0.2) is 48.8 Å². The van der Waals surface area contributed by atoms with Crippen LogP contribution in [0.5, 0.6) is 0 Å². The zero-order valence-electron chi connectivity index (χ0n) is 25.7. The molecule has 0 radical (unpaired) electrons. The minimum absolute atomic E-state index is 0.0890. The summed E-state index contributed by atoms with van der Waals surface area (Å²) in [6.07, 6.45) is 2.92. The number of benzene rings is 2. The van der Waals surface area contributed by atoms with Crippen LogP contribution in [0.25, 0.3) is 22.5 Å². The number of halogens is 4. The Morgan fingerprint density at radius 3 is 2.53 bits per heavy atom. The summed E-state index contributed by atoms with van der Waals surface area (Å²) in [5.41, 5.74) is 0.671. The van der Waals surface area contributed by atoms with Gasteiger partial charge in [0.1, 0.15) is 23.8 Å². The molecule has 4 aromatic rings. The first kappa shape index (κ1) is 30.8. The van der Waals surface area contributed by atoms with Crippen LogP contribution in [0.2, 0.25) is 0 Å². The van der Waals surface area contributed by atoms with Crippen LogP contribution < -0.4 is 15.5 Å². The van der Waals surface area contributed by atoms with Gasteiger partial charge in [-0.25, -0.2) is 9.37 Å². The highest BCUT2D eigenvalue weighted by molar-refractivity contribution is 6.10. The summed E-state index contributed by atoms with van der Waals surface area (Å²) in [6.45, 7) is 0.347. The van der Waals surface area contributed by atoms with E-state index < -0.39 is 29.0 Å². The van der Waals surface area contributed by atoms with Gasteiger partial charge in [-0.3, -0.25) is 9.69 Å². The molecule has 2 saturated carbocycles. The lowest BCUT2D eigenvalue weighted by Crippen LogP contribution is -2.26. The quantitative estimate of drug-likeness (QED) is 0.194. The molecule has 2 N–H and O–H groups in total. The minimum Gasteiger partial charge on any atom is -0.364 e. The molecule has 242 valence electrons. The highest BCUT2D eigenvalue weighted by Crippen LogP contribution is 2.44. The zero-order valence-corrected chi connectivity index (χ0v) is 25.7. The molecule has 0 bridgehead atoms. The minimum atomic E-state index is -4.62. The van der Waals surface area contributed by atoms with Gasteiger partial charge in [-0.1, -0.05) is 12.8 Å². The molecule has 13 heteroatoms. The van der Waals surface area contributed by atoms with Gasteiger partial charge < -0.3 is 15.2 Å². The molecule has 1 aliphatic heterocycles. The lowest BCUT2D eigenvalue weighted by Gasteiger charge is -2.21. The van der Waals surface area contributed by atoms with Gasteiger partial charge in [0.05, 0.1) is 30.1 Å². The highest BCUT2D eigenvalue weighted by atomic mass is 19.4. The zero-order chi connectivity index (χ0) is 32.9. The number of carbonyl (C=O) groups excluding carboxylic acids is 1. The van der Waals surface area contributed by atoms with Crippen molar-refractivity contribution in [2.24, 2.45) is 7.05 Å². The Hall–Kier alpha value is -4.83. The Kier molecular flexibility index (Phi) is 7.71. The molecule has 2 aromatic heterocycles. The third kappa shape index (κ3) is 6.05. The fourth-order valence-electron chi connectivity index (χ4n) is 6.57. The van der Waals surface area contributed by atoms with Gasteiger partial charge in [-0.15, -0.1) is 10.2 Å². The third-order valence-electron chi connectivity index (χ3n) is 9.36. The Morgan fingerprint density at radius 2 is 1.85 bits per heavy atom. The van der Waals surface area contributed by atoms with E-state index in [2.05, 4.69) is 26.9 Å². The monoisotopic (exact) mass is 644 g/mol. The number of hydrogen-bond acceptors (Lipinski definition) is 7. The summed E-state index contributed by atoms with van der Waals surface area (Å²) >= 11 is 0. The maximum atomic E-state index is 15.5. The maximum absolute atomic E-state index is 15.5. The van der Waals surface area contributed by atoms with Gasteiger partial charge in [0, 0.05) is 36.3 Å². The molecule has 3 aliphatic rings. The molecule has 0 atom stereocenters. The van der Waals surface area contributed by atoms with Crippen molar-refractivity contribution in [1.82, 2.24) is 25.1 Å². The second kappa shape index (κ2) is 11.8. The first-order valence-corrected chi connectivity index (χ1v) is 15.6. The SMILES string of the molecule is Cn1cnnc1-c1ccc(C(F)(F)F)cc1-c1cc(NC2(CC#N)CC2)nc(N2Cc3c(F)cc(CNC4CCCC4)cc3C2=O)c1. The van der Waals surface area contributed by atoms with E-state index in [1.165, 1.54) is 29.4 Å². The fraction of sp³-hybridized carbons (Fsp3) is 0.382. The van der Waals surface area contributed by atoms with E-state index in [1.807, 2.05) is 0 Å². The number of anilines is 2. The molecule has 0 spiro atoms. The molecule has 0 unspecified atom stereocenters. The Labute approximate surface area is 268 Å². The van der Waals surface area contributed by atoms with Gasteiger partial charge in [-0.2, -0.15) is 18.4 Å². The second-order valence-corrected chi connectivity index (χ2v) is 12.7. The van der Waals surface area contributed by atoms with Gasteiger partial charge in [0.15, 0.2) is 5.82 Å². The smallest absolute Gasteiger partial charge is 0.364 e. The molecule has 3 heterocycles. The maximum Gasteiger partial charge on any atom is 0.416 e. The number of aryl methyl sites for hydroxylation is 1. The van der Waals surface area contributed by atoms with Crippen LogP contribution in [0, 0.1) is 17.1 Å². The van der Waals surface area contributed by atoms with Crippen molar-refractivity contribution in [3.63, 3.8) is 0 Å². The number of hydrogen-bond donors (Lipinski definition) is 2. The third-order valence-corrected chi connectivity index (χ3v) is 9.36. The van der Waals surface area contributed by atoms with Crippen molar-refractivity contribution in [2.75, 3.05) is 10.2 Å². The molecule has 9 nitrogen and oxygen atoms in total. The topological polar surface area (TPSA) is 112 Å². The summed E-state index contributed by atoms with van der Waals surface area (Å²) in [4.78, 5) is 19.9. The van der Waals surface area contributed by atoms with Crippen LogP contribution in [-0.2, 0) is 26.3 Å². The van der Waals surface area contributed by atoms with Gasteiger partial charge in [0.2, 0.25) is 0 Å². The average Bonchev–Trinajstić information content (AvgIpc) is 3.36. The van der Waals surface area contributed by atoms with E-state index in [0.29, 0.717) is 47.9 Å². The number of pyridine rings is 1. The predicted molar refractivity (Wildman–Crippen MR) is 166 cm³/mol.